The summed E-state index contributed by atoms with van der Waals surface area (Å²) in [5.74, 6) is 1.51. The van der Waals surface area contributed by atoms with Crippen molar-refractivity contribution < 1.29 is 4.57 Å². The maximum atomic E-state index is 2.50. The molecule has 0 saturated carbocycles. The molecule has 0 aliphatic rings. The first kappa shape index (κ1) is 23.7. The van der Waals surface area contributed by atoms with Crippen LogP contribution >= 0.6 is 0 Å². The number of unbranched alkanes of at least 4 members (excludes halogenated alkanes) is 11. The van der Waals surface area contributed by atoms with Crippen LogP contribution in [0.15, 0.2) is 42.7 Å². The van der Waals surface area contributed by atoms with Gasteiger partial charge in [0, 0.05) is 6.42 Å². The van der Waals surface area contributed by atoms with Crippen molar-refractivity contribution in [3.63, 3.8) is 0 Å². The van der Waals surface area contributed by atoms with Crippen molar-refractivity contribution in [1.82, 2.24) is 4.57 Å². The number of hydrogen-bond donors (Lipinski definition) is 0. The minimum absolute atomic E-state index is 0.993. The molecule has 29 heavy (non-hydrogen) atoms. The van der Waals surface area contributed by atoms with Crippen molar-refractivity contribution in [2.24, 2.45) is 0 Å². The van der Waals surface area contributed by atoms with Crippen LogP contribution in [0.2, 0.25) is 0 Å². The fraction of sp³-hybridized carbons (Fsp3) is 0.667. The summed E-state index contributed by atoms with van der Waals surface area (Å²) in [4.78, 5) is 0. The Bertz CT molecular complexity index is 629. The number of rotatable bonds is 17. The highest BCUT2D eigenvalue weighted by Crippen LogP contribution is 2.13. The van der Waals surface area contributed by atoms with E-state index < -0.39 is 0 Å². The van der Waals surface area contributed by atoms with Crippen LogP contribution in [0.1, 0.15) is 109 Å². The number of hydrogen-bond acceptors (Lipinski definition) is 0. The molecular formula is C27H45N2+. The Hall–Kier alpha value is -1.57. The lowest BCUT2D eigenvalue weighted by atomic mass is 10.1. The van der Waals surface area contributed by atoms with Crippen LogP contribution in [0.3, 0.4) is 0 Å². The molecule has 0 atom stereocenters. The van der Waals surface area contributed by atoms with Gasteiger partial charge >= 0.3 is 0 Å². The molecule has 1 aromatic carbocycles. The molecule has 0 spiro atoms. The zero-order valence-corrected chi connectivity index (χ0v) is 19.2. The lowest BCUT2D eigenvalue weighted by molar-refractivity contribution is -0.695. The summed E-state index contributed by atoms with van der Waals surface area (Å²) in [5.41, 5.74) is 1.39. The lowest BCUT2D eigenvalue weighted by Gasteiger charge is -2.06. The average molecular weight is 398 g/mol. The predicted octanol–water partition coefficient (Wildman–Crippen LogP) is 7.48. The van der Waals surface area contributed by atoms with E-state index in [-0.39, 0.29) is 0 Å². The summed E-state index contributed by atoms with van der Waals surface area (Å²) in [6.07, 6.45) is 23.8. The molecule has 2 rings (SSSR count). The molecule has 0 fully saturated rings. The average Bonchev–Trinajstić information content (AvgIpc) is 3.12. The Kier molecular flexibility index (Phi) is 12.5. The first-order valence-electron chi connectivity index (χ1n) is 12.5. The van der Waals surface area contributed by atoms with Crippen molar-refractivity contribution >= 4 is 0 Å². The van der Waals surface area contributed by atoms with Crippen molar-refractivity contribution in [1.29, 1.82) is 0 Å². The summed E-state index contributed by atoms with van der Waals surface area (Å²) < 4.78 is 4.98. The fourth-order valence-electron chi connectivity index (χ4n) is 4.19. The van der Waals surface area contributed by atoms with Gasteiger partial charge in [0.1, 0.15) is 18.9 Å². The second-order valence-corrected chi connectivity index (χ2v) is 8.66. The SMILES string of the molecule is CCCCCCCCCCCCCc1n(CCCC)cc[n+]1Cc1ccccc1. The molecular weight excluding hydrogens is 352 g/mol. The molecule has 1 aromatic heterocycles. The Morgan fingerprint density at radius 3 is 1.90 bits per heavy atom. The second kappa shape index (κ2) is 15.3. The summed E-state index contributed by atoms with van der Waals surface area (Å²) in [5, 5.41) is 0. The molecule has 0 bridgehead atoms. The van der Waals surface area contributed by atoms with Crippen LogP contribution in [0, 0.1) is 0 Å². The van der Waals surface area contributed by atoms with Crippen molar-refractivity contribution in [3.8, 4) is 0 Å². The highest BCUT2D eigenvalue weighted by Gasteiger charge is 2.16. The fourth-order valence-corrected chi connectivity index (χ4v) is 4.19. The van der Waals surface area contributed by atoms with Crippen molar-refractivity contribution in [3.05, 3.63) is 54.1 Å². The van der Waals surface area contributed by atoms with Crippen LogP contribution in [0.4, 0.5) is 0 Å². The Morgan fingerprint density at radius 2 is 1.28 bits per heavy atom. The number of aryl methyl sites for hydroxylation is 1. The molecule has 0 N–H and O–H groups in total. The summed E-state index contributed by atoms with van der Waals surface area (Å²) >= 11 is 0. The van der Waals surface area contributed by atoms with Gasteiger partial charge in [0.25, 0.3) is 5.82 Å². The Balaban J connectivity index is 1.71. The number of imidazole rings is 1. The van der Waals surface area contributed by atoms with Crippen molar-refractivity contribution in [2.75, 3.05) is 0 Å². The third kappa shape index (κ3) is 9.65. The third-order valence-corrected chi connectivity index (χ3v) is 6.04. The van der Waals surface area contributed by atoms with E-state index in [0.717, 1.165) is 13.1 Å². The highest BCUT2D eigenvalue weighted by atomic mass is 15.1. The van der Waals surface area contributed by atoms with Gasteiger partial charge in [-0.3, -0.25) is 0 Å². The van der Waals surface area contributed by atoms with Gasteiger partial charge in [-0.25, -0.2) is 9.13 Å². The largest absolute Gasteiger partial charge is 0.256 e. The van der Waals surface area contributed by atoms with Gasteiger partial charge in [-0.1, -0.05) is 115 Å². The van der Waals surface area contributed by atoms with Gasteiger partial charge in [-0.15, -0.1) is 0 Å². The van der Waals surface area contributed by atoms with E-state index in [2.05, 4.69) is 65.7 Å². The second-order valence-electron chi connectivity index (χ2n) is 8.66. The zero-order chi connectivity index (χ0) is 20.6. The predicted molar refractivity (Wildman–Crippen MR) is 125 cm³/mol. The molecule has 0 radical (unpaired) electrons. The van der Waals surface area contributed by atoms with Crippen LogP contribution in [0.5, 0.6) is 0 Å². The number of aromatic nitrogens is 2. The molecule has 2 nitrogen and oxygen atoms in total. The van der Waals surface area contributed by atoms with E-state index in [9.17, 15) is 0 Å². The standard InChI is InChI=1S/C27H45N2/c1-3-5-7-8-9-10-11-12-13-14-18-21-27-28(22-6-4-2)23-24-29(27)25-26-19-16-15-17-20-26/h15-17,19-20,23-24H,3-14,18,21-22,25H2,1-2H3/q+1. The normalized spacial score (nSPS) is 11.2. The van der Waals surface area contributed by atoms with Gasteiger partial charge in [0.15, 0.2) is 0 Å². The summed E-state index contributed by atoms with van der Waals surface area (Å²) in [6, 6.07) is 10.9. The molecule has 0 aliphatic carbocycles. The number of benzene rings is 1. The van der Waals surface area contributed by atoms with Gasteiger partial charge in [0.2, 0.25) is 0 Å². The van der Waals surface area contributed by atoms with Gasteiger partial charge < -0.3 is 0 Å². The third-order valence-electron chi connectivity index (χ3n) is 6.04. The topological polar surface area (TPSA) is 8.81 Å². The number of nitrogens with zero attached hydrogens (tertiary/aromatic N) is 2. The summed E-state index contributed by atoms with van der Waals surface area (Å²) in [6.45, 7) is 6.73. The monoisotopic (exact) mass is 397 g/mol. The molecule has 0 saturated heterocycles. The minimum atomic E-state index is 0.993. The first-order valence-corrected chi connectivity index (χ1v) is 12.5. The lowest BCUT2D eigenvalue weighted by Crippen LogP contribution is -2.37. The highest BCUT2D eigenvalue weighted by molar-refractivity contribution is 5.13. The Morgan fingerprint density at radius 1 is 0.690 bits per heavy atom. The molecule has 2 aromatic rings. The van der Waals surface area contributed by atoms with Crippen LogP contribution in [0.25, 0.3) is 0 Å². The van der Waals surface area contributed by atoms with E-state index in [1.165, 1.54) is 101 Å². The maximum absolute atomic E-state index is 2.50. The van der Waals surface area contributed by atoms with Gasteiger partial charge in [-0.05, 0) is 18.4 Å². The molecule has 0 amide bonds. The molecule has 0 aliphatic heterocycles. The minimum Gasteiger partial charge on any atom is -0.234 e. The van der Waals surface area contributed by atoms with E-state index in [4.69, 9.17) is 0 Å². The zero-order valence-electron chi connectivity index (χ0n) is 19.2. The van der Waals surface area contributed by atoms with Gasteiger partial charge in [0.05, 0.1) is 6.54 Å². The van der Waals surface area contributed by atoms with Crippen molar-refractivity contribution in [2.45, 2.75) is 117 Å². The quantitative estimate of drug-likeness (QED) is 0.193. The molecule has 0 unspecified atom stereocenters. The van der Waals surface area contributed by atoms with Crippen LogP contribution in [-0.2, 0) is 19.5 Å². The van der Waals surface area contributed by atoms with E-state index >= 15 is 0 Å². The first-order chi connectivity index (χ1) is 14.3. The smallest absolute Gasteiger partial charge is 0.234 e. The van der Waals surface area contributed by atoms with Gasteiger partial charge in [-0.2, -0.15) is 0 Å². The van der Waals surface area contributed by atoms with E-state index in [0.29, 0.717) is 0 Å². The maximum Gasteiger partial charge on any atom is 0.256 e. The van der Waals surface area contributed by atoms with E-state index in [1.807, 2.05) is 0 Å². The molecule has 1 heterocycles. The van der Waals surface area contributed by atoms with E-state index in [1.54, 1.807) is 0 Å². The summed E-state index contributed by atoms with van der Waals surface area (Å²) in [7, 11) is 0. The molecule has 162 valence electrons. The Labute approximate surface area is 180 Å². The van der Waals surface area contributed by atoms with Crippen LogP contribution < -0.4 is 4.57 Å². The molecule has 2 heteroatoms. The van der Waals surface area contributed by atoms with Crippen LogP contribution in [-0.4, -0.2) is 4.57 Å².